The molecule has 0 radical (unpaired) electrons. The molecule has 0 saturated heterocycles. The number of hydrogen-bond acceptors (Lipinski definition) is 6. The minimum atomic E-state index is -1.09. The molecule has 2 rings (SSSR count). The normalized spacial score (nSPS) is 11.9. The van der Waals surface area contributed by atoms with Crippen LogP contribution in [-0.4, -0.2) is 33.2 Å². The van der Waals surface area contributed by atoms with Crippen LogP contribution in [0.1, 0.15) is 28.7 Å². The van der Waals surface area contributed by atoms with Gasteiger partial charge in [0.25, 0.3) is 5.91 Å². The van der Waals surface area contributed by atoms with E-state index in [9.17, 15) is 9.59 Å². The zero-order chi connectivity index (χ0) is 16.1. The number of nitrogens with one attached hydrogen (secondary N) is 1. The fourth-order valence-corrected chi connectivity index (χ4v) is 2.52. The zero-order valence-corrected chi connectivity index (χ0v) is 12.9. The summed E-state index contributed by atoms with van der Waals surface area (Å²) in [5.41, 5.74) is 1.08. The quantitative estimate of drug-likeness (QED) is 0.782. The van der Waals surface area contributed by atoms with Gasteiger partial charge in [0, 0.05) is 18.0 Å². The molecule has 0 bridgehead atoms. The van der Waals surface area contributed by atoms with E-state index in [-0.39, 0.29) is 0 Å². The molecule has 1 amide bonds. The number of carbonyl (C=O) groups excluding carboxylic acids is 1. The van der Waals surface area contributed by atoms with E-state index >= 15 is 0 Å². The number of pyridine rings is 1. The maximum absolute atomic E-state index is 12.1. The Morgan fingerprint density at radius 1 is 1.50 bits per heavy atom. The van der Waals surface area contributed by atoms with Gasteiger partial charge in [-0.1, -0.05) is 16.9 Å². The summed E-state index contributed by atoms with van der Waals surface area (Å²) in [6.45, 7) is 3.20. The SMILES string of the molecule is Cc1cc(CSc2ncccc2C(=O)N[C@H](C)C(=O)O)no1. The molecule has 116 valence electrons. The van der Waals surface area contributed by atoms with E-state index in [0.29, 0.717) is 22.1 Å². The second kappa shape index (κ2) is 7.08. The molecule has 0 aromatic carbocycles. The second-order valence-electron chi connectivity index (χ2n) is 4.61. The molecular weight excluding hydrogens is 306 g/mol. The first-order chi connectivity index (χ1) is 10.5. The van der Waals surface area contributed by atoms with Gasteiger partial charge in [-0.25, -0.2) is 4.98 Å². The number of amides is 1. The topological polar surface area (TPSA) is 105 Å². The van der Waals surface area contributed by atoms with Crippen LogP contribution in [0.25, 0.3) is 0 Å². The van der Waals surface area contributed by atoms with Gasteiger partial charge in [-0.3, -0.25) is 9.59 Å². The Morgan fingerprint density at radius 2 is 2.27 bits per heavy atom. The van der Waals surface area contributed by atoms with Crippen LogP contribution in [0.2, 0.25) is 0 Å². The molecule has 7 nitrogen and oxygen atoms in total. The van der Waals surface area contributed by atoms with Crippen molar-refractivity contribution in [2.75, 3.05) is 0 Å². The standard InChI is InChI=1S/C14H15N3O4S/c1-8-6-10(17-21-8)7-22-13-11(4-3-5-15-13)12(18)16-9(2)14(19)20/h3-6,9H,7H2,1-2H3,(H,16,18)(H,19,20)/t9-/m1/s1. The number of carboxylic acids is 1. The number of carbonyl (C=O) groups is 2. The Hall–Kier alpha value is -2.35. The van der Waals surface area contributed by atoms with Gasteiger partial charge >= 0.3 is 5.97 Å². The first kappa shape index (κ1) is 16.0. The zero-order valence-electron chi connectivity index (χ0n) is 12.1. The maximum atomic E-state index is 12.1. The van der Waals surface area contributed by atoms with Crippen LogP contribution in [0.15, 0.2) is 33.9 Å². The summed E-state index contributed by atoms with van der Waals surface area (Å²) in [6.07, 6.45) is 1.58. The van der Waals surface area contributed by atoms with Crippen LogP contribution in [-0.2, 0) is 10.5 Å². The van der Waals surface area contributed by atoms with Gasteiger partial charge in [0.15, 0.2) is 0 Å². The average molecular weight is 321 g/mol. The van der Waals surface area contributed by atoms with Crippen LogP contribution in [0, 0.1) is 6.92 Å². The molecular formula is C14H15N3O4S. The van der Waals surface area contributed by atoms with Crippen molar-refractivity contribution >= 4 is 23.6 Å². The van der Waals surface area contributed by atoms with Crippen LogP contribution < -0.4 is 5.32 Å². The maximum Gasteiger partial charge on any atom is 0.325 e. The van der Waals surface area contributed by atoms with Gasteiger partial charge in [-0.2, -0.15) is 0 Å². The molecule has 0 saturated carbocycles. The lowest BCUT2D eigenvalue weighted by Gasteiger charge is -2.11. The number of rotatable bonds is 6. The number of hydrogen-bond donors (Lipinski definition) is 2. The lowest BCUT2D eigenvalue weighted by Crippen LogP contribution is -2.38. The monoisotopic (exact) mass is 321 g/mol. The Kier molecular flexibility index (Phi) is 5.16. The van der Waals surface area contributed by atoms with Gasteiger partial charge in [0.05, 0.1) is 11.3 Å². The summed E-state index contributed by atoms with van der Waals surface area (Å²) in [6, 6.07) is 4.07. The summed E-state index contributed by atoms with van der Waals surface area (Å²) in [7, 11) is 0. The summed E-state index contributed by atoms with van der Waals surface area (Å²) in [5, 5.41) is 15.6. The molecule has 2 aromatic heterocycles. The van der Waals surface area contributed by atoms with E-state index in [4.69, 9.17) is 9.63 Å². The summed E-state index contributed by atoms with van der Waals surface area (Å²) in [4.78, 5) is 27.1. The van der Waals surface area contributed by atoms with Crippen molar-refractivity contribution in [3.63, 3.8) is 0 Å². The molecule has 0 aliphatic rings. The Labute approximate surface area is 131 Å². The second-order valence-corrected chi connectivity index (χ2v) is 5.57. The first-order valence-electron chi connectivity index (χ1n) is 6.51. The minimum absolute atomic E-state index is 0.334. The highest BCUT2D eigenvalue weighted by Gasteiger charge is 2.18. The molecule has 0 aliphatic heterocycles. The van der Waals surface area contributed by atoms with Gasteiger partial charge < -0.3 is 14.9 Å². The van der Waals surface area contributed by atoms with E-state index in [1.807, 2.05) is 6.07 Å². The van der Waals surface area contributed by atoms with Crippen molar-refractivity contribution in [3.8, 4) is 0 Å². The molecule has 8 heteroatoms. The third-order valence-corrected chi connectivity index (χ3v) is 3.81. The van der Waals surface area contributed by atoms with Crippen LogP contribution >= 0.6 is 11.8 Å². The third-order valence-electron chi connectivity index (χ3n) is 2.77. The van der Waals surface area contributed by atoms with Crippen LogP contribution in [0.3, 0.4) is 0 Å². The van der Waals surface area contributed by atoms with Crippen molar-refractivity contribution in [1.29, 1.82) is 0 Å². The molecule has 0 aliphatic carbocycles. The molecule has 1 atom stereocenters. The lowest BCUT2D eigenvalue weighted by atomic mass is 10.2. The van der Waals surface area contributed by atoms with Crippen molar-refractivity contribution in [2.24, 2.45) is 0 Å². The molecule has 2 heterocycles. The highest BCUT2D eigenvalue weighted by molar-refractivity contribution is 7.98. The number of aliphatic carboxylic acids is 1. The molecule has 0 unspecified atom stereocenters. The van der Waals surface area contributed by atoms with Crippen LogP contribution in [0.4, 0.5) is 0 Å². The lowest BCUT2D eigenvalue weighted by molar-refractivity contribution is -0.138. The summed E-state index contributed by atoms with van der Waals surface area (Å²) >= 11 is 1.34. The molecule has 0 fully saturated rings. The Balaban J connectivity index is 2.09. The first-order valence-corrected chi connectivity index (χ1v) is 7.49. The van der Waals surface area contributed by atoms with Gasteiger partial charge in [-0.15, -0.1) is 0 Å². The number of aromatic nitrogens is 2. The fourth-order valence-electron chi connectivity index (χ4n) is 1.64. The third kappa shape index (κ3) is 4.08. The fraction of sp³-hybridized carbons (Fsp3) is 0.286. The van der Waals surface area contributed by atoms with Gasteiger partial charge in [-0.05, 0) is 26.0 Å². The Morgan fingerprint density at radius 3 is 2.91 bits per heavy atom. The number of nitrogens with zero attached hydrogens (tertiary/aromatic N) is 2. The van der Waals surface area contributed by atoms with Gasteiger partial charge in [0.1, 0.15) is 16.8 Å². The molecule has 2 N–H and O–H groups in total. The number of thioether (sulfide) groups is 1. The number of aryl methyl sites for hydroxylation is 1. The molecule has 22 heavy (non-hydrogen) atoms. The smallest absolute Gasteiger partial charge is 0.325 e. The van der Waals surface area contributed by atoms with E-state index in [1.165, 1.54) is 18.7 Å². The predicted molar refractivity (Wildman–Crippen MR) is 79.6 cm³/mol. The average Bonchev–Trinajstić information content (AvgIpc) is 2.90. The largest absolute Gasteiger partial charge is 0.480 e. The summed E-state index contributed by atoms with van der Waals surface area (Å²) < 4.78 is 4.98. The summed E-state index contributed by atoms with van der Waals surface area (Å²) in [5.74, 6) is -0.348. The predicted octanol–water partition coefficient (Wildman–Crippen LogP) is 1.87. The Bertz CT molecular complexity index is 686. The van der Waals surface area contributed by atoms with Gasteiger partial charge in [0.2, 0.25) is 0 Å². The van der Waals surface area contributed by atoms with Crippen molar-refractivity contribution < 1.29 is 19.2 Å². The van der Waals surface area contributed by atoms with E-state index in [2.05, 4.69) is 15.5 Å². The minimum Gasteiger partial charge on any atom is -0.480 e. The highest BCUT2D eigenvalue weighted by Crippen LogP contribution is 2.24. The number of carboxylic acid groups (broad SMARTS) is 1. The van der Waals surface area contributed by atoms with Crippen LogP contribution in [0.5, 0.6) is 0 Å². The van der Waals surface area contributed by atoms with E-state index in [0.717, 1.165) is 5.69 Å². The van der Waals surface area contributed by atoms with E-state index < -0.39 is 17.9 Å². The van der Waals surface area contributed by atoms with E-state index in [1.54, 1.807) is 25.3 Å². The van der Waals surface area contributed by atoms with Crippen molar-refractivity contribution in [1.82, 2.24) is 15.5 Å². The molecule has 0 spiro atoms. The molecule has 2 aromatic rings. The van der Waals surface area contributed by atoms with Crippen molar-refractivity contribution in [2.45, 2.75) is 30.7 Å². The van der Waals surface area contributed by atoms with Crippen molar-refractivity contribution in [3.05, 3.63) is 41.4 Å². The highest BCUT2D eigenvalue weighted by atomic mass is 32.2.